The minimum absolute atomic E-state index is 0.320. The van der Waals surface area contributed by atoms with Crippen molar-refractivity contribution in [3.8, 4) is 11.1 Å². The molecule has 0 aliphatic heterocycles. The molecule has 0 bridgehead atoms. The fourth-order valence-corrected chi connectivity index (χ4v) is 4.34. The summed E-state index contributed by atoms with van der Waals surface area (Å²) in [5, 5.41) is 0.914. The van der Waals surface area contributed by atoms with E-state index in [0.29, 0.717) is 31.2 Å². The van der Waals surface area contributed by atoms with Crippen molar-refractivity contribution in [2.75, 3.05) is 18.9 Å². The van der Waals surface area contributed by atoms with Crippen molar-refractivity contribution in [1.82, 2.24) is 4.57 Å². The molecule has 3 rings (SSSR count). The van der Waals surface area contributed by atoms with Gasteiger partial charge in [0.15, 0.2) is 0 Å². The third-order valence-corrected chi connectivity index (χ3v) is 6.98. The number of carbonyl (C=O) groups excluding carboxylic acids is 1. The summed E-state index contributed by atoms with van der Waals surface area (Å²) >= 11 is 0. The van der Waals surface area contributed by atoms with Crippen LogP contribution in [0.25, 0.3) is 28.1 Å². The molecule has 0 aliphatic carbocycles. The first-order valence-corrected chi connectivity index (χ1v) is 14.6. The zero-order valence-electron chi connectivity index (χ0n) is 19.4. The predicted octanol–water partition coefficient (Wildman–Crippen LogP) is 5.31. The predicted molar refractivity (Wildman–Crippen MR) is 135 cm³/mol. The number of aromatic nitrogens is 1. The van der Waals surface area contributed by atoms with Gasteiger partial charge in [-0.05, 0) is 54.4 Å². The average molecular weight is 452 g/mol. The lowest BCUT2D eigenvalue weighted by Gasteiger charge is -2.17. The monoisotopic (exact) mass is 451 g/mol. The third-order valence-electron chi connectivity index (χ3n) is 5.27. The summed E-state index contributed by atoms with van der Waals surface area (Å²) in [7, 11) is -1.21. The van der Waals surface area contributed by atoms with Crippen LogP contribution in [0, 0.1) is 0 Å². The van der Waals surface area contributed by atoms with Crippen LogP contribution < -0.4 is 11.5 Å². The number of nitrogens with zero attached hydrogens (tertiary/aromatic N) is 1. The van der Waals surface area contributed by atoms with Crippen molar-refractivity contribution >= 4 is 36.6 Å². The molecule has 0 saturated heterocycles. The Labute approximate surface area is 190 Å². The topological polar surface area (TPSA) is 92.5 Å². The van der Waals surface area contributed by atoms with Crippen LogP contribution in [0.4, 0.5) is 5.69 Å². The maximum Gasteiger partial charge on any atom is 0.250 e. The SMILES string of the molecule is CCOC=Cc1cc2c(-c3cccc(N)c3)ccc(C(N)=O)c2n1COCC[Si](C)(C)C. The van der Waals surface area contributed by atoms with Crippen molar-refractivity contribution in [3.05, 3.63) is 60.0 Å². The molecule has 0 aliphatic rings. The van der Waals surface area contributed by atoms with Gasteiger partial charge in [-0.15, -0.1) is 0 Å². The Hall–Kier alpha value is -3.03. The lowest BCUT2D eigenvalue weighted by Crippen LogP contribution is -2.22. The van der Waals surface area contributed by atoms with Crippen molar-refractivity contribution < 1.29 is 14.3 Å². The number of rotatable bonds is 10. The largest absolute Gasteiger partial charge is 0.501 e. The molecule has 6 nitrogen and oxygen atoms in total. The number of hydrogen-bond donors (Lipinski definition) is 2. The highest BCUT2D eigenvalue weighted by Crippen LogP contribution is 2.34. The number of amides is 1. The number of primary amides is 1. The highest BCUT2D eigenvalue weighted by molar-refractivity contribution is 6.76. The summed E-state index contributed by atoms with van der Waals surface area (Å²) < 4.78 is 13.5. The standard InChI is InChI=1S/C25H33N3O3Si/c1-5-30-12-11-20-16-23-21(18-7-6-8-19(26)15-18)9-10-22(25(27)29)24(23)28(20)17-31-13-14-32(2,3)4/h6-12,15-16H,5,13-14,17,26H2,1-4H3,(H2,27,29). The Morgan fingerprint density at radius 2 is 1.94 bits per heavy atom. The maximum atomic E-state index is 12.3. The second-order valence-corrected chi connectivity index (χ2v) is 14.6. The Morgan fingerprint density at radius 1 is 1.16 bits per heavy atom. The second kappa shape index (κ2) is 10.1. The lowest BCUT2D eigenvalue weighted by molar-refractivity contribution is 0.0895. The number of nitrogen functional groups attached to an aromatic ring is 1. The van der Waals surface area contributed by atoms with E-state index >= 15 is 0 Å². The van der Waals surface area contributed by atoms with E-state index in [0.717, 1.165) is 33.8 Å². The van der Waals surface area contributed by atoms with Crippen LogP contribution >= 0.6 is 0 Å². The van der Waals surface area contributed by atoms with Crippen molar-refractivity contribution in [2.45, 2.75) is 39.3 Å². The fourth-order valence-electron chi connectivity index (χ4n) is 3.58. The van der Waals surface area contributed by atoms with E-state index in [4.69, 9.17) is 20.9 Å². The molecule has 0 saturated carbocycles. The summed E-state index contributed by atoms with van der Waals surface area (Å²) in [5.74, 6) is -0.476. The van der Waals surface area contributed by atoms with E-state index < -0.39 is 14.0 Å². The maximum absolute atomic E-state index is 12.3. The van der Waals surface area contributed by atoms with Crippen LogP contribution in [0.15, 0.2) is 48.7 Å². The van der Waals surface area contributed by atoms with Gasteiger partial charge in [-0.25, -0.2) is 0 Å². The van der Waals surface area contributed by atoms with E-state index in [9.17, 15) is 4.79 Å². The molecule has 1 amide bonds. The highest BCUT2D eigenvalue weighted by Gasteiger charge is 2.19. The van der Waals surface area contributed by atoms with Gasteiger partial charge in [0.1, 0.15) is 6.73 Å². The number of nitrogens with two attached hydrogens (primary N) is 2. The molecule has 0 atom stereocenters. The van der Waals surface area contributed by atoms with Crippen LogP contribution in [0.3, 0.4) is 0 Å². The van der Waals surface area contributed by atoms with Crippen LogP contribution in [-0.2, 0) is 16.2 Å². The number of ether oxygens (including phenoxy) is 2. The van der Waals surface area contributed by atoms with Gasteiger partial charge in [-0.1, -0.05) is 37.8 Å². The molecule has 1 aromatic heterocycles. The smallest absolute Gasteiger partial charge is 0.250 e. The fraction of sp³-hybridized carbons (Fsp3) is 0.320. The molecule has 0 spiro atoms. The van der Waals surface area contributed by atoms with Gasteiger partial charge in [0.2, 0.25) is 0 Å². The minimum Gasteiger partial charge on any atom is -0.501 e. The first-order chi connectivity index (χ1) is 15.2. The number of carbonyl (C=O) groups is 1. The minimum atomic E-state index is -1.21. The second-order valence-electron chi connectivity index (χ2n) is 9.02. The number of hydrogen-bond acceptors (Lipinski definition) is 4. The van der Waals surface area contributed by atoms with Gasteiger partial charge >= 0.3 is 0 Å². The van der Waals surface area contributed by atoms with Gasteiger partial charge in [0.25, 0.3) is 5.91 Å². The molecule has 170 valence electrons. The molecular weight excluding hydrogens is 418 g/mol. The Kier molecular flexibility index (Phi) is 7.43. The van der Waals surface area contributed by atoms with Crippen LogP contribution in [-0.4, -0.2) is 31.8 Å². The van der Waals surface area contributed by atoms with Crippen molar-refractivity contribution in [2.24, 2.45) is 5.73 Å². The van der Waals surface area contributed by atoms with Gasteiger partial charge < -0.3 is 25.5 Å². The zero-order valence-corrected chi connectivity index (χ0v) is 20.4. The van der Waals surface area contributed by atoms with E-state index in [1.165, 1.54) is 0 Å². The van der Waals surface area contributed by atoms with Gasteiger partial charge in [0.05, 0.1) is 23.9 Å². The van der Waals surface area contributed by atoms with E-state index in [1.807, 2.05) is 54.0 Å². The molecule has 7 heteroatoms. The van der Waals surface area contributed by atoms with E-state index in [1.54, 1.807) is 12.3 Å². The quantitative estimate of drug-likeness (QED) is 0.189. The molecule has 0 fully saturated rings. The normalized spacial score (nSPS) is 12.0. The first-order valence-electron chi connectivity index (χ1n) is 10.9. The summed E-state index contributed by atoms with van der Waals surface area (Å²) in [6.45, 7) is 10.5. The number of anilines is 1. The molecule has 32 heavy (non-hydrogen) atoms. The van der Waals surface area contributed by atoms with Gasteiger partial charge in [0, 0.05) is 31.4 Å². The van der Waals surface area contributed by atoms with Crippen LogP contribution in [0.2, 0.25) is 25.7 Å². The Balaban J connectivity index is 2.15. The summed E-state index contributed by atoms with van der Waals surface area (Å²) in [6.07, 6.45) is 3.55. The summed E-state index contributed by atoms with van der Waals surface area (Å²) in [6, 6.07) is 14.5. The molecule has 1 heterocycles. The molecule has 0 unspecified atom stereocenters. The lowest BCUT2D eigenvalue weighted by atomic mass is 9.98. The van der Waals surface area contributed by atoms with Gasteiger partial charge in [-0.3, -0.25) is 4.79 Å². The number of fused-ring (bicyclic) bond motifs is 1. The summed E-state index contributed by atoms with van der Waals surface area (Å²) in [5.41, 5.74) is 16.5. The molecule has 2 aromatic carbocycles. The molecule has 0 radical (unpaired) electrons. The van der Waals surface area contributed by atoms with E-state index in [2.05, 4.69) is 19.6 Å². The number of benzene rings is 2. The van der Waals surface area contributed by atoms with Crippen LogP contribution in [0.1, 0.15) is 23.0 Å². The zero-order chi connectivity index (χ0) is 23.3. The molecule has 3 aromatic rings. The first kappa shape index (κ1) is 23.6. The Morgan fingerprint density at radius 3 is 2.59 bits per heavy atom. The molecular formula is C25H33N3O3Si. The third kappa shape index (κ3) is 5.60. The Bertz CT molecular complexity index is 1130. The van der Waals surface area contributed by atoms with Gasteiger partial charge in [-0.2, -0.15) is 0 Å². The summed E-state index contributed by atoms with van der Waals surface area (Å²) in [4.78, 5) is 12.3. The molecule has 4 N–H and O–H groups in total. The van der Waals surface area contributed by atoms with E-state index in [-0.39, 0.29) is 0 Å². The highest BCUT2D eigenvalue weighted by atomic mass is 28.3. The van der Waals surface area contributed by atoms with Crippen LogP contribution in [0.5, 0.6) is 0 Å². The van der Waals surface area contributed by atoms with Crippen molar-refractivity contribution in [1.29, 1.82) is 0 Å². The van der Waals surface area contributed by atoms with Crippen molar-refractivity contribution in [3.63, 3.8) is 0 Å². The average Bonchev–Trinajstić information content (AvgIpc) is 3.08.